The first-order valence-electron chi connectivity index (χ1n) is 5.90. The van der Waals surface area contributed by atoms with Gasteiger partial charge in [-0.15, -0.1) is 0 Å². The third-order valence-corrected chi connectivity index (χ3v) is 4.66. The summed E-state index contributed by atoms with van der Waals surface area (Å²) in [4.78, 5) is 2.24. The summed E-state index contributed by atoms with van der Waals surface area (Å²) in [7, 11) is 2.11. The van der Waals surface area contributed by atoms with Crippen LogP contribution in [0.3, 0.4) is 0 Å². The Balaban J connectivity index is 2.18. The van der Waals surface area contributed by atoms with E-state index in [1.54, 1.807) is 0 Å². The van der Waals surface area contributed by atoms with E-state index in [1.807, 2.05) is 6.07 Å². The monoisotopic (exact) mass is 445 g/mol. The number of benzene rings is 2. The highest BCUT2D eigenvalue weighted by atomic mass is 79.9. The molecule has 0 amide bonds. The van der Waals surface area contributed by atoms with E-state index >= 15 is 0 Å². The molecule has 4 heteroatoms. The zero-order valence-corrected chi connectivity index (χ0v) is 15.3. The van der Waals surface area contributed by atoms with Gasteiger partial charge in [0.1, 0.15) is 0 Å². The van der Waals surface area contributed by atoms with Gasteiger partial charge < -0.3 is 4.90 Å². The molecule has 0 unspecified atom stereocenters. The predicted octanol–water partition coefficient (Wildman–Crippen LogP) is 5.74. The van der Waals surface area contributed by atoms with E-state index < -0.39 is 0 Å². The molecule has 2 rings (SSSR count). The molecule has 0 spiro atoms. The molecule has 0 saturated carbocycles. The Bertz CT molecular complexity index is 569. The minimum atomic E-state index is 0.876. The highest BCUT2D eigenvalue weighted by Gasteiger charge is 2.07. The maximum Gasteiger partial charge on any atom is 0.0511 e. The maximum atomic E-state index is 3.64. The fourth-order valence-electron chi connectivity index (χ4n) is 1.94. The van der Waals surface area contributed by atoms with Crippen molar-refractivity contribution >= 4 is 53.5 Å². The first-order valence-corrected chi connectivity index (χ1v) is 8.61. The van der Waals surface area contributed by atoms with E-state index in [0.717, 1.165) is 20.8 Å². The van der Waals surface area contributed by atoms with Gasteiger partial charge in [-0.2, -0.15) is 0 Å². The lowest BCUT2D eigenvalue weighted by Gasteiger charge is -2.21. The molecule has 0 heterocycles. The molecule has 0 aliphatic heterocycles. The van der Waals surface area contributed by atoms with Gasteiger partial charge in [-0.25, -0.2) is 0 Å². The van der Waals surface area contributed by atoms with Crippen molar-refractivity contribution < 1.29 is 0 Å². The molecule has 0 N–H and O–H groups in total. The topological polar surface area (TPSA) is 3.24 Å². The molecule has 0 saturated heterocycles. The summed E-state index contributed by atoms with van der Waals surface area (Å²) in [5.41, 5.74) is 3.75. The van der Waals surface area contributed by atoms with Crippen molar-refractivity contribution in [1.29, 1.82) is 0 Å². The van der Waals surface area contributed by atoms with Gasteiger partial charge in [-0.1, -0.05) is 50.1 Å². The average Bonchev–Trinajstić information content (AvgIpc) is 2.38. The Morgan fingerprint density at radius 2 is 1.79 bits per heavy atom. The summed E-state index contributed by atoms with van der Waals surface area (Å²) < 4.78 is 2.24. The Hall–Kier alpha value is -0.320. The van der Waals surface area contributed by atoms with Crippen LogP contribution in [0.1, 0.15) is 11.1 Å². The van der Waals surface area contributed by atoms with Crippen LogP contribution in [0, 0.1) is 0 Å². The molecule has 2 aromatic rings. The Labute approximate surface area is 139 Å². The zero-order chi connectivity index (χ0) is 13.8. The van der Waals surface area contributed by atoms with Crippen LogP contribution in [0.2, 0.25) is 0 Å². The predicted molar refractivity (Wildman–Crippen MR) is 93.0 cm³/mol. The average molecular weight is 448 g/mol. The molecule has 0 radical (unpaired) electrons. The molecular weight excluding hydrogens is 434 g/mol. The van der Waals surface area contributed by atoms with Gasteiger partial charge >= 0.3 is 0 Å². The first-order chi connectivity index (χ1) is 9.10. The van der Waals surface area contributed by atoms with Crippen molar-refractivity contribution in [3.05, 3.63) is 62.5 Å². The third-order valence-electron chi connectivity index (χ3n) is 2.89. The largest absolute Gasteiger partial charge is 0.369 e. The highest BCUT2D eigenvalue weighted by molar-refractivity contribution is 9.11. The molecule has 2 aromatic carbocycles. The number of nitrogens with zero attached hydrogens (tertiary/aromatic N) is 1. The smallest absolute Gasteiger partial charge is 0.0511 e. The van der Waals surface area contributed by atoms with Gasteiger partial charge in [-0.3, -0.25) is 0 Å². The van der Waals surface area contributed by atoms with E-state index in [9.17, 15) is 0 Å². The van der Waals surface area contributed by atoms with Crippen LogP contribution in [0.25, 0.3) is 0 Å². The normalized spacial score (nSPS) is 10.5. The second-order valence-corrected chi connectivity index (χ2v) is 6.74. The molecular formula is C15H14Br3N. The zero-order valence-electron chi connectivity index (χ0n) is 10.5. The van der Waals surface area contributed by atoms with Crippen LogP contribution in [-0.4, -0.2) is 7.05 Å². The summed E-state index contributed by atoms with van der Waals surface area (Å²) in [5.74, 6) is 0. The van der Waals surface area contributed by atoms with E-state index in [2.05, 4.69) is 96.1 Å². The second-order valence-electron chi connectivity index (χ2n) is 4.41. The lowest BCUT2D eigenvalue weighted by molar-refractivity contribution is 0.918. The summed E-state index contributed by atoms with van der Waals surface area (Å²) in [6, 6.07) is 14.9. The van der Waals surface area contributed by atoms with E-state index in [-0.39, 0.29) is 0 Å². The first kappa shape index (κ1) is 15.1. The summed E-state index contributed by atoms with van der Waals surface area (Å²) >= 11 is 10.6. The van der Waals surface area contributed by atoms with Gasteiger partial charge in [0, 0.05) is 27.9 Å². The van der Waals surface area contributed by atoms with Gasteiger partial charge in [0.2, 0.25) is 0 Å². The lowest BCUT2D eigenvalue weighted by atomic mass is 10.2. The van der Waals surface area contributed by atoms with E-state index in [4.69, 9.17) is 0 Å². The molecule has 0 atom stereocenters. The summed E-state index contributed by atoms with van der Waals surface area (Å²) in [6.45, 7) is 0.881. The van der Waals surface area contributed by atoms with Crippen LogP contribution in [0.4, 0.5) is 5.69 Å². The number of alkyl halides is 1. The van der Waals surface area contributed by atoms with Crippen LogP contribution in [0.15, 0.2) is 51.4 Å². The van der Waals surface area contributed by atoms with Crippen molar-refractivity contribution in [1.82, 2.24) is 0 Å². The van der Waals surface area contributed by atoms with Crippen molar-refractivity contribution in [2.75, 3.05) is 11.9 Å². The number of rotatable bonds is 4. The minimum absolute atomic E-state index is 0.876. The maximum absolute atomic E-state index is 3.64. The lowest BCUT2D eigenvalue weighted by Crippen LogP contribution is -2.16. The third kappa shape index (κ3) is 4.07. The number of hydrogen-bond donors (Lipinski definition) is 0. The molecule has 1 nitrogen and oxygen atoms in total. The Morgan fingerprint density at radius 3 is 2.42 bits per heavy atom. The summed E-state index contributed by atoms with van der Waals surface area (Å²) in [5, 5.41) is 0.876. The van der Waals surface area contributed by atoms with E-state index in [0.29, 0.717) is 0 Å². The van der Waals surface area contributed by atoms with Crippen LogP contribution < -0.4 is 4.90 Å². The van der Waals surface area contributed by atoms with Crippen LogP contribution in [0.5, 0.6) is 0 Å². The molecule has 0 bridgehead atoms. The fraction of sp³-hybridized carbons (Fsp3) is 0.200. The second kappa shape index (κ2) is 6.91. The van der Waals surface area contributed by atoms with Crippen LogP contribution in [-0.2, 0) is 11.9 Å². The molecule has 0 aliphatic rings. The number of halogens is 3. The minimum Gasteiger partial charge on any atom is -0.369 e. The number of hydrogen-bond acceptors (Lipinski definition) is 1. The number of anilines is 1. The molecule has 100 valence electrons. The fourth-order valence-corrected chi connectivity index (χ4v) is 3.46. The quantitative estimate of drug-likeness (QED) is 0.540. The molecule has 0 aromatic heterocycles. The van der Waals surface area contributed by atoms with Crippen molar-refractivity contribution in [2.45, 2.75) is 11.9 Å². The van der Waals surface area contributed by atoms with Gasteiger partial charge in [-0.05, 0) is 51.3 Å². The van der Waals surface area contributed by atoms with Gasteiger partial charge in [0.05, 0.1) is 5.69 Å². The van der Waals surface area contributed by atoms with E-state index in [1.165, 1.54) is 16.8 Å². The van der Waals surface area contributed by atoms with Crippen molar-refractivity contribution in [3.8, 4) is 0 Å². The van der Waals surface area contributed by atoms with Crippen molar-refractivity contribution in [3.63, 3.8) is 0 Å². The van der Waals surface area contributed by atoms with Gasteiger partial charge in [0.15, 0.2) is 0 Å². The Morgan fingerprint density at radius 1 is 1.00 bits per heavy atom. The SMILES string of the molecule is CN(Cc1cccc(Br)c1)c1ccc(CBr)cc1Br. The van der Waals surface area contributed by atoms with Crippen molar-refractivity contribution in [2.24, 2.45) is 0 Å². The standard InChI is InChI=1S/C15H14Br3N/c1-19(10-12-3-2-4-13(17)7-12)15-6-5-11(9-16)8-14(15)18/h2-8H,9-10H2,1H3. The van der Waals surface area contributed by atoms with Gasteiger partial charge in [0.25, 0.3) is 0 Å². The molecule has 0 aliphatic carbocycles. The highest BCUT2D eigenvalue weighted by Crippen LogP contribution is 2.28. The Kier molecular flexibility index (Phi) is 5.48. The van der Waals surface area contributed by atoms with Crippen LogP contribution >= 0.6 is 47.8 Å². The molecule has 19 heavy (non-hydrogen) atoms. The molecule has 0 fully saturated rings. The summed E-state index contributed by atoms with van der Waals surface area (Å²) in [6.07, 6.45) is 0.